The molecule has 142 valence electrons. The lowest BCUT2D eigenvalue weighted by molar-refractivity contribution is 0.0453. The number of nitrogens with zero attached hydrogens (tertiary/aromatic N) is 1. The molecule has 0 unspecified atom stereocenters. The Morgan fingerprint density at radius 1 is 1.33 bits per heavy atom. The molecule has 0 spiro atoms. The maximum Gasteiger partial charge on any atom is 0.188 e. The van der Waals surface area contributed by atoms with Crippen molar-refractivity contribution < 1.29 is 14.2 Å². The molecule has 1 saturated heterocycles. The summed E-state index contributed by atoms with van der Waals surface area (Å²) >= 11 is 12.0. The SMILES string of the molecule is CCOc1cccc2c1O[C@@]1(C)C[C@H]2NC(=S)N1c1cc(Cl)ccc1OC. The van der Waals surface area contributed by atoms with Crippen LogP contribution in [0.4, 0.5) is 5.69 Å². The van der Waals surface area contributed by atoms with Gasteiger partial charge in [-0.15, -0.1) is 0 Å². The average molecular weight is 405 g/mol. The Morgan fingerprint density at radius 3 is 2.89 bits per heavy atom. The number of fused-ring (bicyclic) bond motifs is 4. The number of rotatable bonds is 4. The van der Waals surface area contributed by atoms with Crippen molar-refractivity contribution in [3.05, 3.63) is 47.0 Å². The van der Waals surface area contributed by atoms with Gasteiger partial charge in [0, 0.05) is 17.0 Å². The van der Waals surface area contributed by atoms with Gasteiger partial charge in [0.15, 0.2) is 22.3 Å². The summed E-state index contributed by atoms with van der Waals surface area (Å²) in [6.45, 7) is 4.55. The van der Waals surface area contributed by atoms with E-state index in [0.29, 0.717) is 28.9 Å². The van der Waals surface area contributed by atoms with E-state index < -0.39 is 5.72 Å². The predicted molar refractivity (Wildman–Crippen MR) is 110 cm³/mol. The van der Waals surface area contributed by atoms with Crippen LogP contribution >= 0.6 is 23.8 Å². The van der Waals surface area contributed by atoms with Crippen molar-refractivity contribution in [2.24, 2.45) is 0 Å². The number of anilines is 1. The van der Waals surface area contributed by atoms with Gasteiger partial charge in [-0.1, -0.05) is 23.7 Å². The fourth-order valence-electron chi connectivity index (χ4n) is 3.83. The Hall–Kier alpha value is -2.18. The molecule has 5 nitrogen and oxygen atoms in total. The van der Waals surface area contributed by atoms with Crippen LogP contribution in [0.5, 0.6) is 17.2 Å². The lowest BCUT2D eigenvalue weighted by Gasteiger charge is -2.52. The van der Waals surface area contributed by atoms with E-state index in [-0.39, 0.29) is 6.04 Å². The highest BCUT2D eigenvalue weighted by Crippen LogP contribution is 2.50. The lowest BCUT2D eigenvalue weighted by atomic mass is 9.90. The third-order valence-electron chi connectivity index (χ3n) is 4.95. The molecule has 7 heteroatoms. The second-order valence-corrected chi connectivity index (χ2v) is 7.57. The first kappa shape index (κ1) is 18.2. The Bertz CT molecular complexity index is 907. The maximum atomic E-state index is 6.53. The molecule has 2 aromatic carbocycles. The van der Waals surface area contributed by atoms with Gasteiger partial charge >= 0.3 is 0 Å². The van der Waals surface area contributed by atoms with Gasteiger partial charge in [0.25, 0.3) is 0 Å². The van der Waals surface area contributed by atoms with Crippen molar-refractivity contribution in [2.75, 3.05) is 18.6 Å². The molecule has 1 fully saturated rings. The van der Waals surface area contributed by atoms with Crippen LogP contribution in [0.2, 0.25) is 5.02 Å². The van der Waals surface area contributed by atoms with E-state index in [2.05, 4.69) is 5.32 Å². The molecule has 0 aliphatic carbocycles. The molecule has 2 aromatic rings. The van der Waals surface area contributed by atoms with E-state index in [4.69, 9.17) is 38.0 Å². The number of methoxy groups -OCH3 is 1. The molecule has 2 aliphatic heterocycles. The predicted octanol–water partition coefficient (Wildman–Crippen LogP) is 4.68. The lowest BCUT2D eigenvalue weighted by Crippen LogP contribution is -2.65. The zero-order valence-electron chi connectivity index (χ0n) is 15.4. The Balaban J connectivity index is 1.83. The minimum Gasteiger partial charge on any atom is -0.495 e. The molecule has 2 heterocycles. The highest BCUT2D eigenvalue weighted by atomic mass is 35.5. The Labute approximate surface area is 169 Å². The van der Waals surface area contributed by atoms with Crippen LogP contribution in [-0.2, 0) is 0 Å². The zero-order valence-corrected chi connectivity index (χ0v) is 17.0. The first-order chi connectivity index (χ1) is 13.0. The molecular formula is C20H21ClN2O3S. The molecule has 0 amide bonds. The summed E-state index contributed by atoms with van der Waals surface area (Å²) in [7, 11) is 1.63. The van der Waals surface area contributed by atoms with Crippen LogP contribution < -0.4 is 24.4 Å². The van der Waals surface area contributed by atoms with E-state index in [1.54, 1.807) is 13.2 Å². The molecule has 4 rings (SSSR count). The number of nitrogens with one attached hydrogen (secondary N) is 1. The Morgan fingerprint density at radius 2 is 2.15 bits per heavy atom. The van der Waals surface area contributed by atoms with Gasteiger partial charge in [-0.05, 0) is 50.3 Å². The molecule has 2 atom stereocenters. The number of ether oxygens (including phenoxy) is 3. The largest absolute Gasteiger partial charge is 0.495 e. The summed E-state index contributed by atoms with van der Waals surface area (Å²) in [4.78, 5) is 1.94. The van der Waals surface area contributed by atoms with Crippen molar-refractivity contribution in [1.82, 2.24) is 5.32 Å². The standard InChI is InChI=1S/C20H21ClN2O3S/c1-4-25-17-7-5-6-13-14-11-20(2,26-18(13)17)23(19(27)22-14)15-10-12(21)8-9-16(15)24-3/h5-10,14H,4,11H2,1-3H3,(H,22,27)/t14-,20+/m1/s1. The molecular weight excluding hydrogens is 384 g/mol. The molecule has 0 aromatic heterocycles. The van der Waals surface area contributed by atoms with Gasteiger partial charge in [0.2, 0.25) is 0 Å². The number of hydrogen-bond donors (Lipinski definition) is 1. The van der Waals surface area contributed by atoms with E-state index in [1.165, 1.54) is 0 Å². The third kappa shape index (κ3) is 2.97. The van der Waals surface area contributed by atoms with Crippen molar-refractivity contribution in [3.63, 3.8) is 0 Å². The molecule has 2 bridgehead atoms. The quantitative estimate of drug-likeness (QED) is 0.746. The third-order valence-corrected chi connectivity index (χ3v) is 5.48. The van der Waals surface area contributed by atoms with E-state index in [0.717, 1.165) is 22.7 Å². The first-order valence-electron chi connectivity index (χ1n) is 8.86. The summed E-state index contributed by atoms with van der Waals surface area (Å²) < 4.78 is 17.9. The highest BCUT2D eigenvalue weighted by molar-refractivity contribution is 7.80. The topological polar surface area (TPSA) is 43.0 Å². The van der Waals surface area contributed by atoms with Crippen LogP contribution in [0.1, 0.15) is 31.9 Å². The zero-order chi connectivity index (χ0) is 19.2. The summed E-state index contributed by atoms with van der Waals surface area (Å²) in [6.07, 6.45) is 0.714. The Kier molecular flexibility index (Phi) is 4.56. The van der Waals surface area contributed by atoms with E-state index in [1.807, 2.05) is 49.1 Å². The molecule has 1 N–H and O–H groups in total. The fourth-order valence-corrected chi connectivity index (χ4v) is 4.43. The van der Waals surface area contributed by atoms with Crippen molar-refractivity contribution in [3.8, 4) is 17.2 Å². The van der Waals surface area contributed by atoms with Gasteiger partial charge < -0.3 is 19.5 Å². The van der Waals surface area contributed by atoms with Crippen molar-refractivity contribution in [2.45, 2.75) is 32.0 Å². The minimum absolute atomic E-state index is 0.0492. The van der Waals surface area contributed by atoms with E-state index in [9.17, 15) is 0 Å². The number of benzene rings is 2. The monoisotopic (exact) mass is 404 g/mol. The number of para-hydroxylation sites is 1. The van der Waals surface area contributed by atoms with Crippen LogP contribution in [0.15, 0.2) is 36.4 Å². The minimum atomic E-state index is -0.703. The molecule has 2 aliphatic rings. The van der Waals surface area contributed by atoms with E-state index >= 15 is 0 Å². The van der Waals surface area contributed by atoms with Crippen LogP contribution in [0.25, 0.3) is 0 Å². The van der Waals surface area contributed by atoms with Gasteiger partial charge in [-0.3, -0.25) is 4.90 Å². The van der Waals surface area contributed by atoms with Gasteiger partial charge in [0.05, 0.1) is 25.4 Å². The molecule has 27 heavy (non-hydrogen) atoms. The van der Waals surface area contributed by atoms with Crippen LogP contribution in [0, 0.1) is 0 Å². The highest BCUT2D eigenvalue weighted by Gasteiger charge is 2.49. The molecule has 0 radical (unpaired) electrons. The first-order valence-corrected chi connectivity index (χ1v) is 9.64. The van der Waals surface area contributed by atoms with Crippen molar-refractivity contribution >= 4 is 34.6 Å². The number of thiocarbonyl (C=S) groups is 1. The summed E-state index contributed by atoms with van der Waals surface area (Å²) in [5, 5.41) is 4.61. The number of hydrogen-bond acceptors (Lipinski definition) is 4. The second-order valence-electron chi connectivity index (χ2n) is 6.74. The normalized spacial score (nSPS) is 23.2. The molecule has 0 saturated carbocycles. The van der Waals surface area contributed by atoms with Gasteiger partial charge in [-0.25, -0.2) is 0 Å². The maximum absolute atomic E-state index is 6.53. The number of halogens is 1. The fraction of sp³-hybridized carbons (Fsp3) is 0.350. The van der Waals surface area contributed by atoms with Gasteiger partial charge in [0.1, 0.15) is 5.75 Å². The van der Waals surface area contributed by atoms with Crippen LogP contribution in [-0.4, -0.2) is 24.6 Å². The van der Waals surface area contributed by atoms with Crippen molar-refractivity contribution in [1.29, 1.82) is 0 Å². The smallest absolute Gasteiger partial charge is 0.188 e. The second kappa shape index (κ2) is 6.77. The summed E-state index contributed by atoms with van der Waals surface area (Å²) in [5.74, 6) is 2.16. The average Bonchev–Trinajstić information content (AvgIpc) is 2.62. The summed E-state index contributed by atoms with van der Waals surface area (Å²) in [5.41, 5.74) is 1.12. The summed E-state index contributed by atoms with van der Waals surface area (Å²) in [6, 6.07) is 11.5. The van der Waals surface area contributed by atoms with Crippen LogP contribution in [0.3, 0.4) is 0 Å². The van der Waals surface area contributed by atoms with Gasteiger partial charge in [-0.2, -0.15) is 0 Å².